The van der Waals surface area contributed by atoms with Crippen LogP contribution in [0, 0.1) is 5.92 Å². The van der Waals surface area contributed by atoms with Gasteiger partial charge in [0.1, 0.15) is 12.6 Å². The summed E-state index contributed by atoms with van der Waals surface area (Å²) in [7, 11) is -3.79. The summed E-state index contributed by atoms with van der Waals surface area (Å²) < 4.78 is 32.5. The van der Waals surface area contributed by atoms with Gasteiger partial charge in [0.15, 0.2) is 0 Å². The van der Waals surface area contributed by atoms with E-state index in [4.69, 9.17) is 4.74 Å². The zero-order valence-corrected chi connectivity index (χ0v) is 15.6. The maximum atomic E-state index is 12.4. The molecule has 0 spiro atoms. The van der Waals surface area contributed by atoms with E-state index in [-0.39, 0.29) is 17.4 Å². The van der Waals surface area contributed by atoms with Crippen molar-refractivity contribution in [3.8, 4) is 0 Å². The van der Waals surface area contributed by atoms with Gasteiger partial charge in [0.25, 0.3) is 0 Å². The van der Waals surface area contributed by atoms with E-state index in [9.17, 15) is 13.2 Å². The third-order valence-corrected chi connectivity index (χ3v) is 5.14. The Hall–Kier alpha value is -2.44. The minimum atomic E-state index is -3.79. The summed E-state index contributed by atoms with van der Waals surface area (Å²) in [4.78, 5) is 12.4. The Morgan fingerprint density at radius 1 is 1.04 bits per heavy atom. The lowest BCUT2D eigenvalue weighted by Gasteiger charge is -2.20. The monoisotopic (exact) mass is 373 g/mol. The van der Waals surface area contributed by atoms with Gasteiger partial charge >= 0.3 is 5.97 Å². The van der Waals surface area contributed by atoms with Gasteiger partial charge in [-0.3, -0.25) is 4.79 Å². The molecule has 6 heteroatoms. The third kappa shape index (κ3) is 5.82. The molecule has 0 radical (unpaired) electrons. The Labute approximate surface area is 154 Å². The molecule has 2 aromatic carbocycles. The van der Waals surface area contributed by atoms with Crippen LogP contribution in [0.3, 0.4) is 0 Å². The van der Waals surface area contributed by atoms with Gasteiger partial charge < -0.3 is 4.74 Å². The average Bonchev–Trinajstić information content (AvgIpc) is 2.64. The van der Waals surface area contributed by atoms with Crippen LogP contribution in [0.5, 0.6) is 0 Å². The van der Waals surface area contributed by atoms with Crippen LogP contribution in [-0.2, 0) is 19.6 Å². The van der Waals surface area contributed by atoms with E-state index in [2.05, 4.69) is 4.72 Å². The zero-order chi connectivity index (χ0) is 19.0. The van der Waals surface area contributed by atoms with Crippen LogP contribution in [0.25, 0.3) is 6.08 Å². The summed E-state index contributed by atoms with van der Waals surface area (Å²) in [5, 5.41) is 0. The van der Waals surface area contributed by atoms with Gasteiger partial charge in [-0.2, -0.15) is 4.72 Å². The Morgan fingerprint density at radius 2 is 1.62 bits per heavy atom. The van der Waals surface area contributed by atoms with Crippen LogP contribution >= 0.6 is 0 Å². The van der Waals surface area contributed by atoms with Gasteiger partial charge in [-0.25, -0.2) is 8.42 Å². The van der Waals surface area contributed by atoms with E-state index in [1.807, 2.05) is 36.4 Å². The Morgan fingerprint density at radius 3 is 2.19 bits per heavy atom. The summed E-state index contributed by atoms with van der Waals surface area (Å²) >= 11 is 0. The topological polar surface area (TPSA) is 72.5 Å². The molecule has 0 aliphatic heterocycles. The van der Waals surface area contributed by atoms with Crippen molar-refractivity contribution in [1.29, 1.82) is 0 Å². The third-order valence-electron chi connectivity index (χ3n) is 3.69. The summed E-state index contributed by atoms with van der Waals surface area (Å²) in [5.74, 6) is -0.851. The predicted octanol–water partition coefficient (Wildman–Crippen LogP) is 3.25. The second-order valence-corrected chi connectivity index (χ2v) is 7.81. The molecular weight excluding hydrogens is 350 g/mol. The van der Waals surface area contributed by atoms with E-state index in [1.54, 1.807) is 38.1 Å². The SMILES string of the molecule is CC(C)[C@H](NS(=O)(=O)c1ccccc1)C(=O)OC/C=C/c1ccccc1. The highest BCUT2D eigenvalue weighted by molar-refractivity contribution is 7.89. The standard InChI is InChI=1S/C20H23NO4S/c1-16(2)19(21-26(23,24)18-13-7-4-8-14-18)20(22)25-15-9-12-17-10-5-3-6-11-17/h3-14,16,19,21H,15H2,1-2H3/b12-9+/t19-/m0/s1. The lowest BCUT2D eigenvalue weighted by atomic mass is 10.1. The van der Waals surface area contributed by atoms with Crippen LogP contribution in [0.2, 0.25) is 0 Å². The lowest BCUT2D eigenvalue weighted by Crippen LogP contribution is -2.45. The van der Waals surface area contributed by atoms with E-state index in [1.165, 1.54) is 12.1 Å². The quantitative estimate of drug-likeness (QED) is 0.721. The molecule has 0 saturated heterocycles. The van der Waals surface area contributed by atoms with Gasteiger partial charge in [-0.05, 0) is 29.7 Å². The summed E-state index contributed by atoms with van der Waals surface area (Å²) in [5.41, 5.74) is 0.994. The number of nitrogens with one attached hydrogen (secondary N) is 1. The molecule has 138 valence electrons. The first-order chi connectivity index (χ1) is 12.4. The molecule has 0 aliphatic carbocycles. The first-order valence-corrected chi connectivity index (χ1v) is 9.84. The first kappa shape index (κ1) is 19.9. The zero-order valence-electron chi connectivity index (χ0n) is 14.8. The number of carbonyl (C=O) groups is 1. The van der Waals surface area contributed by atoms with Crippen molar-refractivity contribution in [2.45, 2.75) is 24.8 Å². The average molecular weight is 373 g/mol. The smallest absolute Gasteiger partial charge is 0.324 e. The largest absolute Gasteiger partial charge is 0.460 e. The van der Waals surface area contributed by atoms with E-state index in [0.29, 0.717) is 0 Å². The lowest BCUT2D eigenvalue weighted by molar-refractivity contribution is -0.145. The molecule has 1 atom stereocenters. The molecule has 0 heterocycles. The van der Waals surface area contributed by atoms with Gasteiger partial charge in [-0.15, -0.1) is 0 Å². The minimum Gasteiger partial charge on any atom is -0.460 e. The fourth-order valence-electron chi connectivity index (χ4n) is 2.26. The van der Waals surface area contributed by atoms with Crippen molar-refractivity contribution in [1.82, 2.24) is 4.72 Å². The van der Waals surface area contributed by atoms with Crippen molar-refractivity contribution in [2.75, 3.05) is 6.61 Å². The second kappa shape index (κ2) is 9.31. The van der Waals surface area contributed by atoms with Crippen molar-refractivity contribution in [2.24, 2.45) is 5.92 Å². The summed E-state index contributed by atoms with van der Waals surface area (Å²) in [6, 6.07) is 16.6. The van der Waals surface area contributed by atoms with Crippen molar-refractivity contribution < 1.29 is 17.9 Å². The fraction of sp³-hybridized carbons (Fsp3) is 0.250. The minimum absolute atomic E-state index is 0.0734. The molecule has 0 bridgehead atoms. The second-order valence-electron chi connectivity index (χ2n) is 6.10. The number of esters is 1. The normalized spacial score (nSPS) is 13.0. The number of sulfonamides is 1. The molecule has 0 aromatic heterocycles. The molecule has 0 unspecified atom stereocenters. The number of rotatable bonds is 8. The number of carbonyl (C=O) groups excluding carboxylic acids is 1. The van der Waals surface area contributed by atoms with E-state index in [0.717, 1.165) is 5.56 Å². The molecule has 26 heavy (non-hydrogen) atoms. The van der Waals surface area contributed by atoms with Gasteiger partial charge in [0, 0.05) is 0 Å². The van der Waals surface area contributed by atoms with Crippen molar-refractivity contribution in [3.63, 3.8) is 0 Å². The van der Waals surface area contributed by atoms with Crippen LogP contribution in [0.4, 0.5) is 0 Å². The highest BCUT2D eigenvalue weighted by Crippen LogP contribution is 2.12. The highest BCUT2D eigenvalue weighted by atomic mass is 32.2. The highest BCUT2D eigenvalue weighted by Gasteiger charge is 2.29. The maximum Gasteiger partial charge on any atom is 0.324 e. The van der Waals surface area contributed by atoms with Gasteiger partial charge in [0.05, 0.1) is 4.90 Å². The first-order valence-electron chi connectivity index (χ1n) is 8.36. The van der Waals surface area contributed by atoms with E-state index < -0.39 is 22.0 Å². The Kier molecular flexibility index (Phi) is 7.12. The molecule has 5 nitrogen and oxygen atoms in total. The van der Waals surface area contributed by atoms with Crippen LogP contribution in [-0.4, -0.2) is 27.0 Å². The summed E-state index contributed by atoms with van der Waals surface area (Å²) in [6.45, 7) is 3.60. The fourth-order valence-corrected chi connectivity index (χ4v) is 3.61. The molecule has 0 amide bonds. The predicted molar refractivity (Wildman–Crippen MR) is 102 cm³/mol. The molecule has 0 aliphatic rings. The van der Waals surface area contributed by atoms with Crippen molar-refractivity contribution in [3.05, 3.63) is 72.3 Å². The number of ether oxygens (including phenoxy) is 1. The number of hydrogen-bond donors (Lipinski definition) is 1. The number of hydrogen-bond acceptors (Lipinski definition) is 4. The Bertz CT molecular complexity index is 831. The molecule has 0 saturated carbocycles. The summed E-state index contributed by atoms with van der Waals surface area (Å²) in [6.07, 6.45) is 3.56. The van der Waals surface area contributed by atoms with Crippen LogP contribution < -0.4 is 4.72 Å². The van der Waals surface area contributed by atoms with Crippen molar-refractivity contribution >= 4 is 22.1 Å². The molecule has 1 N–H and O–H groups in total. The number of benzene rings is 2. The maximum absolute atomic E-state index is 12.4. The Balaban J connectivity index is 1.98. The van der Waals surface area contributed by atoms with Gasteiger partial charge in [-0.1, -0.05) is 68.5 Å². The molecule has 2 rings (SSSR count). The molecule has 0 fully saturated rings. The van der Waals surface area contributed by atoms with Crippen LogP contribution in [0.1, 0.15) is 19.4 Å². The molecule has 2 aromatic rings. The van der Waals surface area contributed by atoms with Gasteiger partial charge in [0.2, 0.25) is 10.0 Å². The van der Waals surface area contributed by atoms with E-state index >= 15 is 0 Å². The van der Waals surface area contributed by atoms with Crippen LogP contribution in [0.15, 0.2) is 71.6 Å². The molecular formula is C20H23NO4S.